The molecule has 0 N–H and O–H groups in total. The van der Waals surface area contributed by atoms with Gasteiger partial charge in [-0.2, -0.15) is 10.4 Å². The van der Waals surface area contributed by atoms with Crippen LogP contribution in [0.4, 0.5) is 0 Å². The number of aryl methyl sites for hydroxylation is 3. The zero-order valence-corrected chi connectivity index (χ0v) is 15.4. The molecule has 0 bridgehead atoms. The van der Waals surface area contributed by atoms with Gasteiger partial charge in [0.2, 0.25) is 5.91 Å². The minimum atomic E-state index is -0.272. The summed E-state index contributed by atoms with van der Waals surface area (Å²) in [5.41, 5.74) is 3.10. The van der Waals surface area contributed by atoms with Crippen LogP contribution in [-0.2, 0) is 17.9 Å². The number of rotatable bonds is 3. The molecular formula is C17H20N6OS. The first-order valence-electron chi connectivity index (χ1n) is 8.21. The van der Waals surface area contributed by atoms with Crippen LogP contribution in [0.3, 0.4) is 0 Å². The molecule has 0 unspecified atom stereocenters. The van der Waals surface area contributed by atoms with Crippen LogP contribution in [0.5, 0.6) is 0 Å². The highest BCUT2D eigenvalue weighted by atomic mass is 32.2. The van der Waals surface area contributed by atoms with Crippen LogP contribution in [0.1, 0.15) is 36.1 Å². The van der Waals surface area contributed by atoms with Gasteiger partial charge in [-0.15, -0.1) is 0 Å². The number of carbonyl (C=O) groups is 1. The average molecular weight is 356 g/mol. The molecule has 3 rings (SSSR count). The molecule has 1 amide bonds. The van der Waals surface area contributed by atoms with Crippen LogP contribution >= 0.6 is 11.8 Å². The SMILES string of the molecule is Cc1cc(C)nc(S[C@@H](C)C(=O)N2CCCn3nc(C#N)cc3C2)n1. The smallest absolute Gasteiger partial charge is 0.236 e. The first-order chi connectivity index (χ1) is 12.0. The van der Waals surface area contributed by atoms with Gasteiger partial charge in [-0.25, -0.2) is 9.97 Å². The van der Waals surface area contributed by atoms with Crippen LogP contribution in [0, 0.1) is 25.2 Å². The van der Waals surface area contributed by atoms with Gasteiger partial charge in [-0.05, 0) is 39.3 Å². The zero-order chi connectivity index (χ0) is 18.0. The number of thioether (sulfide) groups is 1. The summed E-state index contributed by atoms with van der Waals surface area (Å²) in [5, 5.41) is 13.6. The highest BCUT2D eigenvalue weighted by Crippen LogP contribution is 2.23. The molecule has 0 radical (unpaired) electrons. The van der Waals surface area contributed by atoms with Crippen molar-refractivity contribution in [1.29, 1.82) is 5.26 Å². The van der Waals surface area contributed by atoms with Crippen molar-refractivity contribution < 1.29 is 4.79 Å². The number of hydrogen-bond acceptors (Lipinski definition) is 6. The lowest BCUT2D eigenvalue weighted by atomic mass is 10.3. The van der Waals surface area contributed by atoms with E-state index in [1.54, 1.807) is 6.07 Å². The van der Waals surface area contributed by atoms with Crippen molar-refractivity contribution in [3.05, 3.63) is 34.9 Å². The molecule has 2 aromatic rings. The lowest BCUT2D eigenvalue weighted by molar-refractivity contribution is -0.130. The maximum atomic E-state index is 12.9. The Morgan fingerprint density at radius 1 is 1.28 bits per heavy atom. The Morgan fingerprint density at radius 3 is 2.68 bits per heavy atom. The highest BCUT2D eigenvalue weighted by molar-refractivity contribution is 8.00. The molecule has 1 atom stereocenters. The lowest BCUT2D eigenvalue weighted by Gasteiger charge is -2.23. The van der Waals surface area contributed by atoms with Crippen LogP contribution in [-0.4, -0.2) is 42.4 Å². The molecule has 0 aliphatic carbocycles. The van der Waals surface area contributed by atoms with E-state index in [9.17, 15) is 4.79 Å². The van der Waals surface area contributed by atoms with Gasteiger partial charge >= 0.3 is 0 Å². The summed E-state index contributed by atoms with van der Waals surface area (Å²) in [6.45, 7) is 7.62. The summed E-state index contributed by atoms with van der Waals surface area (Å²) < 4.78 is 1.83. The Hall–Kier alpha value is -2.40. The molecule has 0 saturated carbocycles. The molecule has 8 heteroatoms. The Labute approximate surface area is 151 Å². The predicted octanol–water partition coefficient (Wildman–Crippen LogP) is 2.07. The topological polar surface area (TPSA) is 87.7 Å². The summed E-state index contributed by atoms with van der Waals surface area (Å²) in [7, 11) is 0. The van der Waals surface area contributed by atoms with Crippen molar-refractivity contribution in [3.8, 4) is 6.07 Å². The van der Waals surface area contributed by atoms with Crippen molar-refractivity contribution in [2.24, 2.45) is 0 Å². The molecule has 0 aromatic carbocycles. The number of aromatic nitrogens is 4. The minimum Gasteiger partial charge on any atom is -0.336 e. The summed E-state index contributed by atoms with van der Waals surface area (Å²) in [5.74, 6) is 0.0564. The normalized spacial score (nSPS) is 15.2. The summed E-state index contributed by atoms with van der Waals surface area (Å²) in [6, 6.07) is 5.73. The third-order valence-corrected chi connectivity index (χ3v) is 4.98. The van der Waals surface area contributed by atoms with Crippen molar-refractivity contribution in [2.75, 3.05) is 6.54 Å². The largest absolute Gasteiger partial charge is 0.336 e. The number of nitrogens with zero attached hydrogens (tertiary/aromatic N) is 6. The maximum absolute atomic E-state index is 12.9. The Morgan fingerprint density at radius 2 is 2.00 bits per heavy atom. The highest BCUT2D eigenvalue weighted by Gasteiger charge is 2.25. The lowest BCUT2D eigenvalue weighted by Crippen LogP contribution is -2.36. The summed E-state index contributed by atoms with van der Waals surface area (Å²) in [4.78, 5) is 23.5. The standard InChI is InChI=1S/C17H20N6OS/c1-11-7-12(2)20-17(19-11)25-13(3)16(24)22-5-4-6-23-15(10-22)8-14(9-18)21-23/h7-8,13H,4-6,10H2,1-3H3/t13-/m0/s1. The molecule has 1 aliphatic heterocycles. The third kappa shape index (κ3) is 3.99. The quantitative estimate of drug-likeness (QED) is 0.618. The molecule has 3 heterocycles. The van der Waals surface area contributed by atoms with Crippen molar-refractivity contribution in [2.45, 2.75) is 50.7 Å². The van der Waals surface area contributed by atoms with Gasteiger partial charge < -0.3 is 4.90 Å². The molecule has 0 saturated heterocycles. The van der Waals surface area contributed by atoms with Gasteiger partial charge in [0.05, 0.1) is 17.5 Å². The molecule has 7 nitrogen and oxygen atoms in total. The fourth-order valence-corrected chi connectivity index (χ4v) is 3.88. The number of carbonyl (C=O) groups excluding carboxylic acids is 1. The van der Waals surface area contributed by atoms with Crippen LogP contribution in [0.25, 0.3) is 0 Å². The van der Waals surface area contributed by atoms with E-state index in [-0.39, 0.29) is 11.2 Å². The van der Waals surface area contributed by atoms with Gasteiger partial charge in [0.15, 0.2) is 10.9 Å². The Balaban J connectivity index is 1.72. The Kier molecular flexibility index (Phi) is 5.04. The molecular weight excluding hydrogens is 336 g/mol. The van der Waals surface area contributed by atoms with E-state index in [2.05, 4.69) is 21.1 Å². The van der Waals surface area contributed by atoms with Crippen LogP contribution < -0.4 is 0 Å². The van der Waals surface area contributed by atoms with Gasteiger partial charge in [-0.1, -0.05) is 11.8 Å². The predicted molar refractivity (Wildman–Crippen MR) is 93.8 cm³/mol. The molecule has 0 fully saturated rings. The molecule has 130 valence electrons. The number of nitriles is 1. The Bertz CT molecular complexity index is 820. The van der Waals surface area contributed by atoms with E-state index in [4.69, 9.17) is 5.26 Å². The minimum absolute atomic E-state index is 0.0564. The second kappa shape index (κ2) is 7.23. The average Bonchev–Trinajstić information content (AvgIpc) is 2.84. The first kappa shape index (κ1) is 17.4. The van der Waals surface area contributed by atoms with Crippen molar-refractivity contribution in [3.63, 3.8) is 0 Å². The molecule has 2 aromatic heterocycles. The van der Waals surface area contributed by atoms with E-state index >= 15 is 0 Å². The second-order valence-corrected chi connectivity index (χ2v) is 7.47. The van der Waals surface area contributed by atoms with E-state index < -0.39 is 0 Å². The number of amides is 1. The maximum Gasteiger partial charge on any atom is 0.236 e. The van der Waals surface area contributed by atoms with Gasteiger partial charge in [0, 0.05) is 24.5 Å². The van der Waals surface area contributed by atoms with Crippen LogP contribution in [0.15, 0.2) is 17.3 Å². The fraction of sp³-hybridized carbons (Fsp3) is 0.471. The molecule has 25 heavy (non-hydrogen) atoms. The van der Waals surface area contributed by atoms with E-state index in [0.717, 1.165) is 30.0 Å². The van der Waals surface area contributed by atoms with E-state index in [1.807, 2.05) is 36.4 Å². The van der Waals surface area contributed by atoms with Crippen molar-refractivity contribution >= 4 is 17.7 Å². The van der Waals surface area contributed by atoms with Crippen molar-refractivity contribution in [1.82, 2.24) is 24.6 Å². The fourth-order valence-electron chi connectivity index (χ4n) is 2.92. The summed E-state index contributed by atoms with van der Waals surface area (Å²) in [6.07, 6.45) is 0.822. The van der Waals surface area contributed by atoms with E-state index in [0.29, 0.717) is 23.9 Å². The monoisotopic (exact) mass is 356 g/mol. The molecule has 1 aliphatic rings. The second-order valence-electron chi connectivity index (χ2n) is 6.16. The van der Waals surface area contributed by atoms with Gasteiger partial charge in [-0.3, -0.25) is 9.48 Å². The number of hydrogen-bond donors (Lipinski definition) is 0. The molecule has 0 spiro atoms. The van der Waals surface area contributed by atoms with Gasteiger partial charge in [0.1, 0.15) is 6.07 Å². The zero-order valence-electron chi connectivity index (χ0n) is 14.6. The van der Waals surface area contributed by atoms with Crippen LogP contribution in [0.2, 0.25) is 0 Å². The van der Waals surface area contributed by atoms with E-state index in [1.165, 1.54) is 11.8 Å². The first-order valence-corrected chi connectivity index (χ1v) is 9.09. The summed E-state index contributed by atoms with van der Waals surface area (Å²) >= 11 is 1.38. The van der Waals surface area contributed by atoms with Gasteiger partial charge in [0.25, 0.3) is 0 Å². The third-order valence-electron chi connectivity index (χ3n) is 4.03. The number of fused-ring (bicyclic) bond motifs is 1.